The normalized spacial score (nSPS) is 12.1. The highest BCUT2D eigenvalue weighted by atomic mass is 15.2. The number of para-hydroxylation sites is 4. The smallest absolute Gasteiger partial charge is 0.235 e. The molecule has 13 rings (SSSR count). The molecule has 0 bridgehead atoms. The van der Waals surface area contributed by atoms with Gasteiger partial charge < -0.3 is 4.57 Å². The molecule has 3 heterocycles. The molecule has 0 saturated carbocycles. The number of aromatic nitrogens is 4. The van der Waals surface area contributed by atoms with Gasteiger partial charge in [-0.25, -0.2) is 9.97 Å². The summed E-state index contributed by atoms with van der Waals surface area (Å²) in [5.41, 5.74) is 10.9. The van der Waals surface area contributed by atoms with Gasteiger partial charge in [-0.05, 0) is 75.0 Å². The second-order valence-corrected chi connectivity index (χ2v) is 15.3. The Balaban J connectivity index is 1.24. The second-order valence-electron chi connectivity index (χ2n) is 15.3. The van der Waals surface area contributed by atoms with E-state index in [1.807, 2.05) is 0 Å². The molecule has 58 heavy (non-hydrogen) atoms. The van der Waals surface area contributed by atoms with Crippen molar-refractivity contribution in [3.8, 4) is 34.0 Å². The molecule has 0 fully saturated rings. The van der Waals surface area contributed by atoms with E-state index in [4.69, 9.17) is 9.97 Å². The van der Waals surface area contributed by atoms with Gasteiger partial charge in [0.25, 0.3) is 0 Å². The maximum Gasteiger partial charge on any atom is 0.235 e. The molecular formula is C54H32N4. The van der Waals surface area contributed by atoms with Crippen LogP contribution in [0.2, 0.25) is 0 Å². The average molecular weight is 737 g/mol. The molecule has 0 spiro atoms. The lowest BCUT2D eigenvalue weighted by Gasteiger charge is -2.15. The Hall–Kier alpha value is -7.82. The molecule has 4 nitrogen and oxygen atoms in total. The number of fused-ring (bicyclic) bond motifs is 9. The molecule has 0 saturated heterocycles. The van der Waals surface area contributed by atoms with E-state index in [-0.39, 0.29) is 0 Å². The Morgan fingerprint density at radius 1 is 0.345 bits per heavy atom. The van der Waals surface area contributed by atoms with Gasteiger partial charge in [0.15, 0.2) is 0 Å². The largest absolute Gasteiger partial charge is 0.309 e. The van der Waals surface area contributed by atoms with Crippen LogP contribution in [-0.2, 0) is 0 Å². The minimum Gasteiger partial charge on any atom is -0.309 e. The molecule has 13 aromatic rings. The van der Waals surface area contributed by atoms with Crippen LogP contribution < -0.4 is 0 Å². The molecule has 268 valence electrons. The van der Waals surface area contributed by atoms with Crippen molar-refractivity contribution in [2.24, 2.45) is 0 Å². The van der Waals surface area contributed by atoms with E-state index in [0.29, 0.717) is 5.95 Å². The molecule has 0 aliphatic rings. The molecule has 4 heteroatoms. The van der Waals surface area contributed by atoms with Gasteiger partial charge in [-0.1, -0.05) is 152 Å². The molecule has 0 unspecified atom stereocenters. The van der Waals surface area contributed by atoms with Crippen LogP contribution in [0.25, 0.3) is 121 Å². The lowest BCUT2D eigenvalue weighted by atomic mass is 9.89. The minimum absolute atomic E-state index is 0.657. The van der Waals surface area contributed by atoms with Gasteiger partial charge in [0, 0.05) is 49.1 Å². The third-order valence-electron chi connectivity index (χ3n) is 12.2. The third kappa shape index (κ3) is 4.29. The Kier molecular flexibility index (Phi) is 6.41. The zero-order valence-electron chi connectivity index (χ0n) is 31.3. The predicted molar refractivity (Wildman–Crippen MR) is 243 cm³/mol. The van der Waals surface area contributed by atoms with Crippen molar-refractivity contribution < 1.29 is 0 Å². The third-order valence-corrected chi connectivity index (χ3v) is 12.2. The highest BCUT2D eigenvalue weighted by Gasteiger charge is 2.26. The quantitative estimate of drug-likeness (QED) is 0.169. The van der Waals surface area contributed by atoms with Crippen LogP contribution in [0.5, 0.6) is 0 Å². The maximum absolute atomic E-state index is 5.51. The lowest BCUT2D eigenvalue weighted by molar-refractivity contribution is 1.01. The topological polar surface area (TPSA) is 35.6 Å². The van der Waals surface area contributed by atoms with Gasteiger partial charge in [-0.15, -0.1) is 0 Å². The summed E-state index contributed by atoms with van der Waals surface area (Å²) in [6, 6.07) is 70.1. The first kappa shape index (κ1) is 31.4. The molecule has 0 radical (unpaired) electrons. The fourth-order valence-corrected chi connectivity index (χ4v) is 9.83. The van der Waals surface area contributed by atoms with Crippen molar-refractivity contribution in [1.29, 1.82) is 0 Å². The summed E-state index contributed by atoms with van der Waals surface area (Å²) < 4.78 is 4.77. The van der Waals surface area contributed by atoms with Gasteiger partial charge >= 0.3 is 0 Å². The fraction of sp³-hybridized carbons (Fsp3) is 0. The highest BCUT2D eigenvalue weighted by Crippen LogP contribution is 2.49. The van der Waals surface area contributed by atoms with Crippen molar-refractivity contribution in [3.05, 3.63) is 194 Å². The highest BCUT2D eigenvalue weighted by molar-refractivity contribution is 6.39. The minimum atomic E-state index is 0.657. The molecule has 10 aromatic carbocycles. The summed E-state index contributed by atoms with van der Waals surface area (Å²) in [5, 5.41) is 13.4. The molecule has 0 amide bonds. The van der Waals surface area contributed by atoms with Crippen molar-refractivity contribution in [3.63, 3.8) is 0 Å². The molecule has 0 N–H and O–H groups in total. The first-order chi connectivity index (χ1) is 28.8. The van der Waals surface area contributed by atoms with Gasteiger partial charge in [0.1, 0.15) is 0 Å². The van der Waals surface area contributed by atoms with E-state index >= 15 is 0 Å². The number of benzene rings is 10. The summed E-state index contributed by atoms with van der Waals surface area (Å²) in [6.45, 7) is 0. The zero-order chi connectivity index (χ0) is 37.9. The van der Waals surface area contributed by atoms with Crippen LogP contribution in [0.15, 0.2) is 194 Å². The second kappa shape index (κ2) is 11.8. The van der Waals surface area contributed by atoms with E-state index in [0.717, 1.165) is 44.4 Å². The van der Waals surface area contributed by atoms with Crippen molar-refractivity contribution in [2.45, 2.75) is 0 Å². The Bertz CT molecular complexity index is 3780. The number of hydrogen-bond donors (Lipinski definition) is 0. The van der Waals surface area contributed by atoms with E-state index in [1.54, 1.807) is 0 Å². The van der Waals surface area contributed by atoms with Crippen LogP contribution in [0.4, 0.5) is 0 Å². The summed E-state index contributed by atoms with van der Waals surface area (Å²) >= 11 is 0. The SMILES string of the molecule is c1ccc(-c2nc(-n3c4cc(-c5cccc6c7ccccc7n(-c7ccccc7)c56)cc5c6ccccc6c6c7ccccc7cc3c6c54)nc3ccccc23)cc1. The molecule has 0 aliphatic carbocycles. The zero-order valence-corrected chi connectivity index (χ0v) is 31.3. The summed E-state index contributed by atoms with van der Waals surface area (Å²) in [6.07, 6.45) is 0. The van der Waals surface area contributed by atoms with Crippen molar-refractivity contribution in [2.75, 3.05) is 0 Å². The van der Waals surface area contributed by atoms with Crippen molar-refractivity contribution in [1.82, 2.24) is 19.1 Å². The molecule has 0 atom stereocenters. The van der Waals surface area contributed by atoms with Gasteiger partial charge in [-0.3, -0.25) is 4.57 Å². The van der Waals surface area contributed by atoms with Gasteiger partial charge in [0.05, 0.1) is 33.3 Å². The number of hydrogen-bond acceptors (Lipinski definition) is 2. The van der Waals surface area contributed by atoms with Crippen LogP contribution >= 0.6 is 0 Å². The van der Waals surface area contributed by atoms with Gasteiger partial charge in [-0.2, -0.15) is 0 Å². The molecule has 0 aliphatic heterocycles. The Morgan fingerprint density at radius 2 is 1.00 bits per heavy atom. The van der Waals surface area contributed by atoms with Gasteiger partial charge in [0.2, 0.25) is 5.95 Å². The fourth-order valence-electron chi connectivity index (χ4n) is 9.83. The monoisotopic (exact) mass is 736 g/mol. The lowest BCUT2D eigenvalue weighted by Crippen LogP contribution is -2.03. The summed E-state index contributed by atoms with van der Waals surface area (Å²) in [5.74, 6) is 0.657. The Morgan fingerprint density at radius 3 is 1.84 bits per heavy atom. The average Bonchev–Trinajstić information content (AvgIpc) is 3.81. The maximum atomic E-state index is 5.51. The van der Waals surface area contributed by atoms with E-state index < -0.39 is 0 Å². The van der Waals surface area contributed by atoms with Crippen LogP contribution in [0.1, 0.15) is 0 Å². The van der Waals surface area contributed by atoms with Crippen LogP contribution in [0.3, 0.4) is 0 Å². The van der Waals surface area contributed by atoms with E-state index in [9.17, 15) is 0 Å². The van der Waals surface area contributed by atoms with Crippen LogP contribution in [-0.4, -0.2) is 19.1 Å². The number of rotatable bonds is 4. The first-order valence-electron chi connectivity index (χ1n) is 19.8. The summed E-state index contributed by atoms with van der Waals surface area (Å²) in [7, 11) is 0. The standard InChI is InChI=1S/C54H32N4/c1-3-16-33(17-4-1)52-43-25-11-13-28-45(43)55-54(56-52)58-47-32-35(38-26-15-27-42-40-23-12-14-29-46(40)57(53(38)42)36-19-5-2-6-20-36)30-44-39-22-9-10-24-41(39)49-37-21-8-7-18-34(37)31-48(58)51(49)50(44)47/h1-32H. The molecular weight excluding hydrogens is 705 g/mol. The van der Waals surface area contributed by atoms with E-state index in [2.05, 4.69) is 203 Å². The summed E-state index contributed by atoms with van der Waals surface area (Å²) in [4.78, 5) is 10.9. The van der Waals surface area contributed by atoms with Crippen LogP contribution in [0, 0.1) is 0 Å². The predicted octanol–water partition coefficient (Wildman–Crippen LogP) is 14.1. The van der Waals surface area contributed by atoms with E-state index in [1.165, 1.54) is 70.5 Å². The van der Waals surface area contributed by atoms with Crippen molar-refractivity contribution >= 4 is 86.8 Å². The number of nitrogens with zero attached hydrogens (tertiary/aromatic N) is 4. The Labute approximate surface area is 332 Å². The molecule has 3 aromatic heterocycles. The first-order valence-corrected chi connectivity index (χ1v) is 19.8.